The number of carbonyl (C=O) groups excluding carboxylic acids is 2. The summed E-state index contributed by atoms with van der Waals surface area (Å²) in [5.41, 5.74) is 2.32. The van der Waals surface area contributed by atoms with Gasteiger partial charge in [0.1, 0.15) is 0 Å². The van der Waals surface area contributed by atoms with E-state index in [1.807, 2.05) is 48.4 Å². The molecule has 1 N–H and O–H groups in total. The third-order valence-corrected chi connectivity index (χ3v) is 6.08. The SMILES string of the molecule is Cc1nn(-c2ccccc2)cc1C(=O)N1CCC(CC(=O)NCC2CCCO2)CC1. The lowest BCUT2D eigenvalue weighted by Crippen LogP contribution is -2.40. The van der Waals surface area contributed by atoms with Gasteiger partial charge in [0.25, 0.3) is 5.91 Å². The molecule has 160 valence electrons. The largest absolute Gasteiger partial charge is 0.376 e. The van der Waals surface area contributed by atoms with Gasteiger partial charge in [-0.25, -0.2) is 4.68 Å². The molecule has 0 bridgehead atoms. The Morgan fingerprint density at radius 1 is 1.17 bits per heavy atom. The molecule has 0 radical (unpaired) electrons. The van der Waals surface area contributed by atoms with Crippen molar-refractivity contribution in [3.63, 3.8) is 0 Å². The van der Waals surface area contributed by atoms with Gasteiger partial charge < -0.3 is 15.0 Å². The number of piperidine rings is 1. The number of carbonyl (C=O) groups is 2. The Hall–Kier alpha value is -2.67. The van der Waals surface area contributed by atoms with Crippen molar-refractivity contribution in [3.05, 3.63) is 47.8 Å². The molecule has 7 heteroatoms. The predicted molar refractivity (Wildman–Crippen MR) is 114 cm³/mol. The summed E-state index contributed by atoms with van der Waals surface area (Å²) in [7, 11) is 0. The Morgan fingerprint density at radius 2 is 1.93 bits per heavy atom. The van der Waals surface area contributed by atoms with E-state index >= 15 is 0 Å². The summed E-state index contributed by atoms with van der Waals surface area (Å²) in [5, 5.41) is 7.51. The average molecular weight is 411 g/mol. The third kappa shape index (κ3) is 4.90. The molecule has 0 aliphatic carbocycles. The minimum Gasteiger partial charge on any atom is -0.376 e. The first-order valence-electron chi connectivity index (χ1n) is 10.9. The minimum atomic E-state index is 0.0240. The fourth-order valence-corrected chi connectivity index (χ4v) is 4.26. The van der Waals surface area contributed by atoms with Crippen LogP contribution in [0.25, 0.3) is 5.69 Å². The molecular formula is C23H30N4O3. The van der Waals surface area contributed by atoms with Crippen LogP contribution in [-0.2, 0) is 9.53 Å². The van der Waals surface area contributed by atoms with Crippen molar-refractivity contribution < 1.29 is 14.3 Å². The highest BCUT2D eigenvalue weighted by molar-refractivity contribution is 5.95. The van der Waals surface area contributed by atoms with Crippen LogP contribution >= 0.6 is 0 Å². The molecule has 1 aromatic carbocycles. The Labute approximate surface area is 177 Å². The van der Waals surface area contributed by atoms with Crippen LogP contribution in [0.4, 0.5) is 0 Å². The summed E-state index contributed by atoms with van der Waals surface area (Å²) >= 11 is 0. The van der Waals surface area contributed by atoms with Gasteiger partial charge in [-0.2, -0.15) is 5.10 Å². The number of ether oxygens (including phenoxy) is 1. The lowest BCUT2D eigenvalue weighted by atomic mass is 9.93. The number of nitrogens with one attached hydrogen (secondary N) is 1. The molecule has 7 nitrogen and oxygen atoms in total. The molecule has 2 aliphatic heterocycles. The summed E-state index contributed by atoms with van der Waals surface area (Å²) in [5.74, 6) is 0.443. The van der Waals surface area contributed by atoms with Gasteiger partial charge in [0, 0.05) is 38.9 Å². The van der Waals surface area contributed by atoms with Crippen LogP contribution in [0.15, 0.2) is 36.5 Å². The average Bonchev–Trinajstić information content (AvgIpc) is 3.43. The van der Waals surface area contributed by atoms with Crippen molar-refractivity contribution in [1.82, 2.24) is 20.0 Å². The highest BCUT2D eigenvalue weighted by Crippen LogP contribution is 2.23. The topological polar surface area (TPSA) is 76.5 Å². The minimum absolute atomic E-state index is 0.0240. The maximum atomic E-state index is 13.0. The van der Waals surface area contributed by atoms with Crippen LogP contribution in [0.3, 0.4) is 0 Å². The van der Waals surface area contributed by atoms with Crippen molar-refractivity contribution in [2.24, 2.45) is 5.92 Å². The van der Waals surface area contributed by atoms with Crippen LogP contribution in [0.1, 0.15) is 48.2 Å². The summed E-state index contributed by atoms with van der Waals surface area (Å²) in [4.78, 5) is 27.1. The van der Waals surface area contributed by atoms with E-state index in [-0.39, 0.29) is 17.9 Å². The highest BCUT2D eigenvalue weighted by atomic mass is 16.5. The zero-order valence-electron chi connectivity index (χ0n) is 17.5. The Morgan fingerprint density at radius 3 is 2.63 bits per heavy atom. The number of aromatic nitrogens is 2. The molecule has 0 spiro atoms. The van der Waals surface area contributed by atoms with E-state index in [2.05, 4.69) is 10.4 Å². The number of hydrogen-bond acceptors (Lipinski definition) is 4. The first kappa shape index (κ1) is 20.6. The summed E-state index contributed by atoms with van der Waals surface area (Å²) < 4.78 is 7.31. The van der Waals surface area contributed by atoms with Crippen molar-refractivity contribution in [2.75, 3.05) is 26.2 Å². The quantitative estimate of drug-likeness (QED) is 0.794. The number of nitrogens with zero attached hydrogens (tertiary/aromatic N) is 3. The fourth-order valence-electron chi connectivity index (χ4n) is 4.26. The van der Waals surface area contributed by atoms with Crippen molar-refractivity contribution in [2.45, 2.75) is 45.1 Å². The van der Waals surface area contributed by atoms with Crippen molar-refractivity contribution in [1.29, 1.82) is 0 Å². The Bertz CT molecular complexity index is 866. The second-order valence-corrected chi connectivity index (χ2v) is 8.29. The number of hydrogen-bond donors (Lipinski definition) is 1. The first-order chi connectivity index (χ1) is 14.6. The van der Waals surface area contributed by atoms with Crippen LogP contribution in [0, 0.1) is 12.8 Å². The zero-order chi connectivity index (χ0) is 20.9. The second-order valence-electron chi connectivity index (χ2n) is 8.29. The van der Waals surface area contributed by atoms with E-state index in [1.54, 1.807) is 4.68 Å². The van der Waals surface area contributed by atoms with Crippen LogP contribution in [0.5, 0.6) is 0 Å². The van der Waals surface area contributed by atoms with Crippen molar-refractivity contribution >= 4 is 11.8 Å². The molecule has 30 heavy (non-hydrogen) atoms. The molecule has 2 saturated heterocycles. The van der Waals surface area contributed by atoms with Gasteiger partial charge in [0.2, 0.25) is 5.91 Å². The maximum absolute atomic E-state index is 13.0. The molecule has 2 aliphatic rings. The first-order valence-corrected chi connectivity index (χ1v) is 10.9. The highest BCUT2D eigenvalue weighted by Gasteiger charge is 2.27. The number of likely N-dealkylation sites (tertiary alicyclic amines) is 1. The van der Waals surface area contributed by atoms with Crippen LogP contribution < -0.4 is 5.32 Å². The molecule has 1 aromatic heterocycles. The molecule has 1 atom stereocenters. The van der Waals surface area contributed by atoms with Crippen molar-refractivity contribution in [3.8, 4) is 5.69 Å². The third-order valence-electron chi connectivity index (χ3n) is 6.08. The van der Waals surface area contributed by atoms with E-state index in [4.69, 9.17) is 4.74 Å². The number of benzene rings is 1. The molecule has 2 amide bonds. The lowest BCUT2D eigenvalue weighted by molar-refractivity contribution is -0.122. The van der Waals surface area contributed by atoms with E-state index in [0.717, 1.165) is 43.7 Å². The van der Waals surface area contributed by atoms with E-state index in [9.17, 15) is 9.59 Å². The Kier molecular flexibility index (Phi) is 6.47. The van der Waals surface area contributed by atoms with Crippen LogP contribution in [0.2, 0.25) is 0 Å². The molecule has 0 saturated carbocycles. The maximum Gasteiger partial charge on any atom is 0.257 e. The summed E-state index contributed by atoms with van der Waals surface area (Å²) in [6, 6.07) is 9.80. The van der Waals surface area contributed by atoms with E-state index < -0.39 is 0 Å². The van der Waals surface area contributed by atoms with Crippen LogP contribution in [-0.4, -0.2) is 58.8 Å². The molecule has 2 fully saturated rings. The van der Waals surface area contributed by atoms with Gasteiger partial charge in [-0.3, -0.25) is 9.59 Å². The van der Waals surface area contributed by atoms with E-state index in [0.29, 0.717) is 37.5 Å². The molecule has 3 heterocycles. The normalized spacial score (nSPS) is 19.8. The van der Waals surface area contributed by atoms with Gasteiger partial charge in [0.15, 0.2) is 0 Å². The molecule has 1 unspecified atom stereocenters. The second kappa shape index (κ2) is 9.43. The van der Waals surface area contributed by atoms with Gasteiger partial charge >= 0.3 is 0 Å². The lowest BCUT2D eigenvalue weighted by Gasteiger charge is -2.31. The molecule has 2 aromatic rings. The number of rotatable bonds is 6. The Balaban J connectivity index is 1.27. The van der Waals surface area contributed by atoms with E-state index in [1.165, 1.54) is 0 Å². The molecular weight excluding hydrogens is 380 g/mol. The number of para-hydroxylation sites is 1. The van der Waals surface area contributed by atoms with Gasteiger partial charge in [-0.1, -0.05) is 18.2 Å². The zero-order valence-corrected chi connectivity index (χ0v) is 17.5. The van der Waals surface area contributed by atoms with Gasteiger partial charge in [0.05, 0.1) is 23.0 Å². The summed E-state index contributed by atoms with van der Waals surface area (Å²) in [6.45, 7) is 4.65. The standard InChI is InChI=1S/C23H30N4O3/c1-17-21(16-27(25-17)19-6-3-2-4-7-19)23(29)26-11-9-18(10-12-26)14-22(28)24-15-20-8-5-13-30-20/h2-4,6-7,16,18,20H,5,8-15H2,1H3,(H,24,28). The fraction of sp³-hybridized carbons (Fsp3) is 0.522. The van der Waals surface area contributed by atoms with Gasteiger partial charge in [-0.05, 0) is 50.7 Å². The number of aryl methyl sites for hydroxylation is 1. The summed E-state index contributed by atoms with van der Waals surface area (Å²) in [6.07, 6.45) is 6.33. The smallest absolute Gasteiger partial charge is 0.257 e. The predicted octanol–water partition coefficient (Wildman–Crippen LogP) is 2.72. The number of amides is 2. The molecule has 4 rings (SSSR count). The monoisotopic (exact) mass is 410 g/mol. The van der Waals surface area contributed by atoms with Gasteiger partial charge in [-0.15, -0.1) is 0 Å².